The molecule has 82 valence electrons. The van der Waals surface area contributed by atoms with Gasteiger partial charge in [0.25, 0.3) is 0 Å². The third-order valence-electron chi connectivity index (χ3n) is 1.92. The summed E-state index contributed by atoms with van der Waals surface area (Å²) in [7, 11) is 1.68. The Morgan fingerprint density at radius 1 is 1.67 bits per heavy atom. The Morgan fingerprint density at radius 3 is 2.80 bits per heavy atom. The fourth-order valence-corrected chi connectivity index (χ4v) is 1.92. The van der Waals surface area contributed by atoms with Crippen LogP contribution in [0.15, 0.2) is 12.4 Å². The first-order valence-electron chi connectivity index (χ1n) is 4.61. The third kappa shape index (κ3) is 2.64. The Balaban J connectivity index is 0.000000245. The maximum atomic E-state index is 10.5. The summed E-state index contributed by atoms with van der Waals surface area (Å²) < 4.78 is 6.45. The maximum absolute atomic E-state index is 10.5. The molecule has 0 aliphatic rings. The van der Waals surface area contributed by atoms with E-state index in [1.807, 2.05) is 24.4 Å². The normalized spacial score (nSPS) is 9.80. The number of fused-ring (bicyclic) bond motifs is 1. The van der Waals surface area contributed by atoms with Crippen molar-refractivity contribution in [3.8, 4) is 0 Å². The van der Waals surface area contributed by atoms with Crippen molar-refractivity contribution in [1.29, 1.82) is 0 Å². The van der Waals surface area contributed by atoms with Crippen LogP contribution in [0.25, 0.3) is 4.96 Å². The van der Waals surface area contributed by atoms with Gasteiger partial charge in [0.2, 0.25) is 0 Å². The molecule has 0 bridgehead atoms. The highest BCUT2D eigenvalue weighted by atomic mass is 32.1. The van der Waals surface area contributed by atoms with Crippen molar-refractivity contribution in [2.45, 2.75) is 13.8 Å². The van der Waals surface area contributed by atoms with Gasteiger partial charge < -0.3 is 4.74 Å². The molecule has 0 atom stereocenters. The summed E-state index contributed by atoms with van der Waals surface area (Å²) in [5.74, 6) is 0. The monoisotopic (exact) mass is 226 g/mol. The molecule has 0 aromatic carbocycles. The van der Waals surface area contributed by atoms with Crippen molar-refractivity contribution in [3.63, 3.8) is 0 Å². The van der Waals surface area contributed by atoms with Crippen LogP contribution in [0.1, 0.15) is 22.3 Å². The number of imidazole rings is 1. The summed E-state index contributed by atoms with van der Waals surface area (Å²) in [6.07, 6.45) is 4.45. The lowest BCUT2D eigenvalue weighted by Crippen LogP contribution is -1.83. The van der Waals surface area contributed by atoms with Crippen LogP contribution in [-0.4, -0.2) is 29.4 Å². The van der Waals surface area contributed by atoms with E-state index in [-0.39, 0.29) is 0 Å². The minimum absolute atomic E-state index is 0.758. The van der Waals surface area contributed by atoms with Gasteiger partial charge in [0.15, 0.2) is 11.2 Å². The number of aryl methyl sites for hydroxylation is 1. The molecule has 15 heavy (non-hydrogen) atoms. The molecular weight excluding hydrogens is 212 g/mol. The molecule has 4 nitrogen and oxygen atoms in total. The molecule has 0 unspecified atom stereocenters. The number of aromatic nitrogens is 2. The predicted molar refractivity (Wildman–Crippen MR) is 60.7 cm³/mol. The number of nitrogens with zero attached hydrogens (tertiary/aromatic N) is 2. The van der Waals surface area contributed by atoms with Gasteiger partial charge in [0.05, 0.1) is 4.88 Å². The number of methoxy groups -OCH3 is 1. The van der Waals surface area contributed by atoms with Gasteiger partial charge in [-0.25, -0.2) is 4.98 Å². The van der Waals surface area contributed by atoms with Crippen molar-refractivity contribution >= 4 is 22.6 Å². The average molecular weight is 226 g/mol. The number of carbonyl (C=O) groups is 1. The van der Waals surface area contributed by atoms with E-state index in [2.05, 4.69) is 9.72 Å². The van der Waals surface area contributed by atoms with Crippen LogP contribution in [0.4, 0.5) is 0 Å². The minimum Gasteiger partial charge on any atom is -0.385 e. The lowest BCUT2D eigenvalue weighted by molar-refractivity contribution is 0.112. The summed E-state index contributed by atoms with van der Waals surface area (Å²) in [5.41, 5.74) is 0.970. The second kappa shape index (κ2) is 5.63. The van der Waals surface area contributed by atoms with Crippen LogP contribution in [0, 0.1) is 6.92 Å². The van der Waals surface area contributed by atoms with Gasteiger partial charge >= 0.3 is 0 Å². The Hall–Kier alpha value is -1.20. The molecule has 0 saturated carbocycles. The zero-order valence-corrected chi connectivity index (χ0v) is 9.87. The van der Waals surface area contributed by atoms with Gasteiger partial charge in [-0.05, 0) is 13.8 Å². The maximum Gasteiger partial charge on any atom is 0.194 e. The molecule has 0 aliphatic heterocycles. The fourth-order valence-electron chi connectivity index (χ4n) is 1.02. The zero-order valence-electron chi connectivity index (χ0n) is 9.06. The summed E-state index contributed by atoms with van der Waals surface area (Å²) in [6, 6.07) is 0. The van der Waals surface area contributed by atoms with E-state index >= 15 is 0 Å². The molecule has 2 rings (SSSR count). The second-order valence-corrected chi connectivity index (χ2v) is 3.84. The number of hydrogen-bond acceptors (Lipinski definition) is 4. The van der Waals surface area contributed by atoms with Crippen LogP contribution in [0.3, 0.4) is 0 Å². The van der Waals surface area contributed by atoms with Crippen molar-refractivity contribution < 1.29 is 9.53 Å². The molecule has 5 heteroatoms. The molecule has 2 aromatic heterocycles. The van der Waals surface area contributed by atoms with Crippen LogP contribution in [-0.2, 0) is 4.74 Å². The number of hydrogen-bond donors (Lipinski definition) is 0. The standard InChI is InChI=1S/C7H6N2OS.C3H8O/c1-5-6(4-10)11-7-8-2-3-9(5)7;1-3-4-2/h2-4H,1H3;3H2,1-2H3. The van der Waals surface area contributed by atoms with E-state index in [1.54, 1.807) is 13.3 Å². The molecule has 0 N–H and O–H groups in total. The summed E-state index contributed by atoms with van der Waals surface area (Å²) in [6.45, 7) is 4.69. The lowest BCUT2D eigenvalue weighted by Gasteiger charge is -1.86. The van der Waals surface area contributed by atoms with E-state index in [9.17, 15) is 4.79 Å². The smallest absolute Gasteiger partial charge is 0.194 e. The summed E-state index contributed by atoms with van der Waals surface area (Å²) >= 11 is 1.41. The molecule has 2 aromatic rings. The van der Waals surface area contributed by atoms with Gasteiger partial charge in [-0.2, -0.15) is 0 Å². The average Bonchev–Trinajstić information content (AvgIpc) is 2.82. The Labute approximate surface area is 92.5 Å². The first kappa shape index (κ1) is 11.9. The highest BCUT2D eigenvalue weighted by Crippen LogP contribution is 2.18. The molecule has 0 saturated heterocycles. The van der Waals surface area contributed by atoms with Crippen molar-refractivity contribution in [1.82, 2.24) is 9.38 Å². The van der Waals surface area contributed by atoms with Crippen LogP contribution < -0.4 is 0 Å². The number of thiazole rings is 1. The second-order valence-electron chi connectivity index (χ2n) is 2.83. The Morgan fingerprint density at radius 2 is 2.33 bits per heavy atom. The van der Waals surface area contributed by atoms with Crippen LogP contribution >= 0.6 is 11.3 Å². The lowest BCUT2D eigenvalue weighted by atomic mass is 10.4. The van der Waals surface area contributed by atoms with Gasteiger partial charge in [0, 0.05) is 31.8 Å². The van der Waals surface area contributed by atoms with E-state index in [4.69, 9.17) is 0 Å². The zero-order chi connectivity index (χ0) is 11.3. The topological polar surface area (TPSA) is 43.6 Å². The molecule has 0 radical (unpaired) electrons. The van der Waals surface area contributed by atoms with Crippen molar-refractivity contribution in [2.75, 3.05) is 13.7 Å². The molecule has 0 aliphatic carbocycles. The summed E-state index contributed by atoms with van der Waals surface area (Å²) in [5, 5.41) is 0. The summed E-state index contributed by atoms with van der Waals surface area (Å²) in [4.78, 5) is 16.2. The number of ether oxygens (including phenoxy) is 1. The third-order valence-corrected chi connectivity index (χ3v) is 3.02. The van der Waals surface area contributed by atoms with Crippen LogP contribution in [0.5, 0.6) is 0 Å². The fraction of sp³-hybridized carbons (Fsp3) is 0.400. The van der Waals surface area contributed by atoms with Gasteiger partial charge in [0.1, 0.15) is 0 Å². The molecule has 0 spiro atoms. The largest absolute Gasteiger partial charge is 0.385 e. The first-order chi connectivity index (χ1) is 7.24. The van der Waals surface area contributed by atoms with Crippen molar-refractivity contribution in [2.24, 2.45) is 0 Å². The number of aldehydes is 1. The van der Waals surface area contributed by atoms with Gasteiger partial charge in [-0.3, -0.25) is 9.20 Å². The molecule has 0 fully saturated rings. The van der Waals surface area contributed by atoms with Gasteiger partial charge in [-0.1, -0.05) is 11.3 Å². The first-order valence-corrected chi connectivity index (χ1v) is 5.42. The van der Waals surface area contributed by atoms with E-state index in [0.717, 1.165) is 28.4 Å². The SMILES string of the molecule is CCOC.Cc1c(C=O)sc2nccn12. The predicted octanol–water partition coefficient (Wildman–Crippen LogP) is 2.17. The number of carbonyl (C=O) groups excluding carboxylic acids is 1. The Kier molecular flexibility index (Phi) is 4.45. The highest BCUT2D eigenvalue weighted by Gasteiger charge is 2.06. The number of rotatable bonds is 2. The van der Waals surface area contributed by atoms with Crippen LogP contribution in [0.2, 0.25) is 0 Å². The van der Waals surface area contributed by atoms with Gasteiger partial charge in [-0.15, -0.1) is 0 Å². The Bertz CT molecular complexity index is 431. The van der Waals surface area contributed by atoms with E-state index < -0.39 is 0 Å². The quantitative estimate of drug-likeness (QED) is 0.737. The van der Waals surface area contributed by atoms with Crippen molar-refractivity contribution in [3.05, 3.63) is 23.0 Å². The van der Waals surface area contributed by atoms with E-state index in [1.165, 1.54) is 11.3 Å². The highest BCUT2D eigenvalue weighted by molar-refractivity contribution is 7.18. The van der Waals surface area contributed by atoms with E-state index in [0.29, 0.717) is 0 Å². The minimum atomic E-state index is 0.758. The molecule has 2 heterocycles. The molecular formula is C10H14N2O2S. The molecule has 0 amide bonds.